The van der Waals surface area contributed by atoms with Gasteiger partial charge in [-0.05, 0) is 12.8 Å². The van der Waals surface area contributed by atoms with Gasteiger partial charge in [-0.2, -0.15) is 0 Å². The van der Waals surface area contributed by atoms with E-state index in [1.54, 1.807) is 7.11 Å². The van der Waals surface area contributed by atoms with Gasteiger partial charge in [0.1, 0.15) is 0 Å². The first kappa shape index (κ1) is 6.05. The highest BCUT2D eigenvalue weighted by Crippen LogP contribution is 2.10. The Hall–Kier alpha value is -0.0800. The SMILES string of the molecule is COC[C@H]1CCCO1. The van der Waals surface area contributed by atoms with Crippen LogP contribution in [0.25, 0.3) is 0 Å². The summed E-state index contributed by atoms with van der Waals surface area (Å²) in [7, 11) is 1.71. The molecule has 0 aromatic heterocycles. The highest BCUT2D eigenvalue weighted by molar-refractivity contribution is 4.62. The van der Waals surface area contributed by atoms with E-state index in [0.29, 0.717) is 6.10 Å². The molecule has 0 bridgehead atoms. The molecule has 0 aromatic rings. The van der Waals surface area contributed by atoms with Crippen molar-refractivity contribution in [3.05, 3.63) is 0 Å². The van der Waals surface area contributed by atoms with Crippen LogP contribution in [0.4, 0.5) is 0 Å². The van der Waals surface area contributed by atoms with Crippen molar-refractivity contribution in [3.63, 3.8) is 0 Å². The molecule has 0 spiro atoms. The number of hydrogen-bond donors (Lipinski definition) is 0. The van der Waals surface area contributed by atoms with E-state index in [2.05, 4.69) is 0 Å². The first-order chi connectivity index (χ1) is 3.93. The van der Waals surface area contributed by atoms with Crippen LogP contribution in [0, 0.1) is 0 Å². The smallest absolute Gasteiger partial charge is 0.0809 e. The van der Waals surface area contributed by atoms with Crippen molar-refractivity contribution in [2.45, 2.75) is 18.9 Å². The zero-order valence-corrected chi connectivity index (χ0v) is 5.22. The Kier molecular flexibility index (Phi) is 2.30. The molecule has 2 heteroatoms. The van der Waals surface area contributed by atoms with E-state index in [1.165, 1.54) is 12.8 Å². The maximum Gasteiger partial charge on any atom is 0.0809 e. The Balaban J connectivity index is 2.06. The summed E-state index contributed by atoms with van der Waals surface area (Å²) in [6, 6.07) is 0. The Morgan fingerprint density at radius 2 is 2.62 bits per heavy atom. The van der Waals surface area contributed by atoms with Crippen molar-refractivity contribution in [2.75, 3.05) is 20.3 Å². The third kappa shape index (κ3) is 1.46. The third-order valence-corrected chi connectivity index (χ3v) is 1.38. The molecule has 1 heterocycles. The number of ether oxygens (including phenoxy) is 2. The van der Waals surface area contributed by atoms with Crippen molar-refractivity contribution in [3.8, 4) is 0 Å². The lowest BCUT2D eigenvalue weighted by Crippen LogP contribution is -2.11. The third-order valence-electron chi connectivity index (χ3n) is 1.38. The van der Waals surface area contributed by atoms with E-state index in [4.69, 9.17) is 9.47 Å². The normalized spacial score (nSPS) is 28.9. The quantitative estimate of drug-likeness (QED) is 0.531. The molecule has 0 saturated carbocycles. The van der Waals surface area contributed by atoms with Crippen LogP contribution in [-0.4, -0.2) is 26.4 Å². The Morgan fingerprint density at radius 1 is 1.75 bits per heavy atom. The lowest BCUT2D eigenvalue weighted by Gasteiger charge is -2.05. The molecule has 1 saturated heterocycles. The molecule has 0 aromatic carbocycles. The second-order valence-electron chi connectivity index (χ2n) is 2.09. The molecule has 1 aliphatic rings. The van der Waals surface area contributed by atoms with E-state index in [9.17, 15) is 0 Å². The summed E-state index contributed by atoms with van der Waals surface area (Å²) in [4.78, 5) is 0. The van der Waals surface area contributed by atoms with Gasteiger partial charge in [0, 0.05) is 13.7 Å². The summed E-state index contributed by atoms with van der Waals surface area (Å²) < 4.78 is 10.2. The molecule has 1 fully saturated rings. The van der Waals surface area contributed by atoms with Gasteiger partial charge in [0.15, 0.2) is 0 Å². The molecule has 1 rings (SSSR count). The summed E-state index contributed by atoms with van der Waals surface area (Å²) >= 11 is 0. The minimum Gasteiger partial charge on any atom is -0.382 e. The van der Waals surface area contributed by atoms with Crippen molar-refractivity contribution in [1.29, 1.82) is 0 Å². The van der Waals surface area contributed by atoms with Crippen LogP contribution in [-0.2, 0) is 9.47 Å². The molecule has 1 aliphatic heterocycles. The highest BCUT2D eigenvalue weighted by atomic mass is 16.5. The average Bonchev–Trinajstić information content (AvgIpc) is 2.19. The fourth-order valence-electron chi connectivity index (χ4n) is 0.962. The molecule has 1 atom stereocenters. The second kappa shape index (κ2) is 3.05. The minimum atomic E-state index is 0.389. The Bertz CT molecular complexity index is 57.5. The summed E-state index contributed by atoms with van der Waals surface area (Å²) in [5, 5.41) is 0. The van der Waals surface area contributed by atoms with Crippen LogP contribution in [0.1, 0.15) is 12.8 Å². The van der Waals surface area contributed by atoms with Gasteiger partial charge < -0.3 is 9.47 Å². The lowest BCUT2D eigenvalue weighted by molar-refractivity contribution is 0.0380. The topological polar surface area (TPSA) is 18.5 Å². The highest BCUT2D eigenvalue weighted by Gasteiger charge is 2.13. The van der Waals surface area contributed by atoms with Crippen LogP contribution in [0.15, 0.2) is 0 Å². The van der Waals surface area contributed by atoms with Gasteiger partial charge in [-0.1, -0.05) is 0 Å². The van der Waals surface area contributed by atoms with Gasteiger partial charge in [-0.25, -0.2) is 0 Å². The van der Waals surface area contributed by atoms with Gasteiger partial charge in [-0.15, -0.1) is 0 Å². The molecule has 0 amide bonds. The van der Waals surface area contributed by atoms with Crippen molar-refractivity contribution in [1.82, 2.24) is 0 Å². The van der Waals surface area contributed by atoms with Crippen molar-refractivity contribution in [2.24, 2.45) is 0 Å². The lowest BCUT2D eigenvalue weighted by atomic mass is 10.2. The minimum absolute atomic E-state index is 0.389. The average molecular weight is 116 g/mol. The van der Waals surface area contributed by atoms with Crippen LogP contribution in [0.5, 0.6) is 0 Å². The Labute approximate surface area is 49.8 Å². The number of rotatable bonds is 2. The first-order valence-electron chi connectivity index (χ1n) is 3.04. The molecule has 48 valence electrons. The summed E-state index contributed by atoms with van der Waals surface area (Å²) in [6.07, 6.45) is 2.77. The molecule has 0 radical (unpaired) electrons. The monoisotopic (exact) mass is 116 g/mol. The van der Waals surface area contributed by atoms with Gasteiger partial charge in [0.05, 0.1) is 12.7 Å². The molecule has 8 heavy (non-hydrogen) atoms. The first-order valence-corrected chi connectivity index (χ1v) is 3.04. The molecule has 0 aliphatic carbocycles. The van der Waals surface area contributed by atoms with Crippen LogP contribution in [0.2, 0.25) is 0 Å². The van der Waals surface area contributed by atoms with Gasteiger partial charge in [-0.3, -0.25) is 0 Å². The van der Waals surface area contributed by atoms with E-state index >= 15 is 0 Å². The number of hydrogen-bond acceptors (Lipinski definition) is 2. The fourth-order valence-corrected chi connectivity index (χ4v) is 0.962. The molecular formula is C6H12O2. The van der Waals surface area contributed by atoms with Crippen LogP contribution >= 0.6 is 0 Å². The van der Waals surface area contributed by atoms with Gasteiger partial charge in [0.25, 0.3) is 0 Å². The van der Waals surface area contributed by atoms with E-state index in [1.807, 2.05) is 0 Å². The number of methoxy groups -OCH3 is 1. The molecule has 0 N–H and O–H groups in total. The maximum absolute atomic E-state index is 5.27. The zero-order valence-electron chi connectivity index (χ0n) is 5.22. The molecule has 0 unspecified atom stereocenters. The fraction of sp³-hybridized carbons (Fsp3) is 1.00. The zero-order chi connectivity index (χ0) is 5.82. The summed E-state index contributed by atoms with van der Waals surface area (Å²) in [5.41, 5.74) is 0. The van der Waals surface area contributed by atoms with E-state index in [-0.39, 0.29) is 0 Å². The molecule has 2 nitrogen and oxygen atoms in total. The van der Waals surface area contributed by atoms with Gasteiger partial charge >= 0.3 is 0 Å². The standard InChI is InChI=1S/C6H12O2/c1-7-5-6-3-2-4-8-6/h6H,2-5H2,1H3/t6-/m1/s1. The largest absolute Gasteiger partial charge is 0.382 e. The van der Waals surface area contributed by atoms with Crippen molar-refractivity contribution >= 4 is 0 Å². The molecular weight excluding hydrogens is 104 g/mol. The van der Waals surface area contributed by atoms with Gasteiger partial charge in [0.2, 0.25) is 0 Å². The predicted molar refractivity (Wildman–Crippen MR) is 30.8 cm³/mol. The second-order valence-corrected chi connectivity index (χ2v) is 2.09. The van der Waals surface area contributed by atoms with Crippen LogP contribution < -0.4 is 0 Å². The van der Waals surface area contributed by atoms with E-state index in [0.717, 1.165) is 13.2 Å². The Morgan fingerprint density at radius 3 is 3.12 bits per heavy atom. The summed E-state index contributed by atoms with van der Waals surface area (Å²) in [6.45, 7) is 1.69. The maximum atomic E-state index is 5.27. The van der Waals surface area contributed by atoms with Crippen molar-refractivity contribution < 1.29 is 9.47 Å². The van der Waals surface area contributed by atoms with E-state index < -0.39 is 0 Å². The summed E-state index contributed by atoms with van der Waals surface area (Å²) in [5.74, 6) is 0. The van der Waals surface area contributed by atoms with Crippen LogP contribution in [0.3, 0.4) is 0 Å². The predicted octanol–water partition coefficient (Wildman–Crippen LogP) is 0.812.